The number of carbonyl (C=O) groups is 2. The molecule has 1 fully saturated rings. The van der Waals surface area contributed by atoms with E-state index in [9.17, 15) is 18.0 Å². The Morgan fingerprint density at radius 2 is 1.83 bits per heavy atom. The molecule has 0 saturated carbocycles. The second-order valence-electron chi connectivity index (χ2n) is 10.8. The van der Waals surface area contributed by atoms with Gasteiger partial charge in [0.15, 0.2) is 9.84 Å². The van der Waals surface area contributed by atoms with E-state index in [1.165, 1.54) is 12.2 Å². The lowest BCUT2D eigenvalue weighted by Crippen LogP contribution is -2.21. The minimum Gasteiger partial charge on any atom is -0.478 e. The molecule has 10 heteroatoms. The number of carbonyl (C=O) groups excluding carboxylic acids is 1. The zero-order valence-electron chi connectivity index (χ0n) is 27.4. The topological polar surface area (TPSA) is 131 Å². The van der Waals surface area contributed by atoms with Crippen LogP contribution in [0, 0.1) is 0 Å². The van der Waals surface area contributed by atoms with Crippen LogP contribution in [0.15, 0.2) is 134 Å². The Morgan fingerprint density at radius 3 is 2.40 bits per heavy atom. The normalized spacial score (nSPS) is 15.9. The summed E-state index contributed by atoms with van der Waals surface area (Å²) in [7, 11) is -3.12. The van der Waals surface area contributed by atoms with Crippen LogP contribution >= 0.6 is 0 Å². The van der Waals surface area contributed by atoms with Crippen molar-refractivity contribution in [3.05, 3.63) is 157 Å². The fourth-order valence-corrected chi connectivity index (χ4v) is 6.78. The van der Waals surface area contributed by atoms with Crippen LogP contribution in [0.25, 0.3) is 11.4 Å². The third-order valence-electron chi connectivity index (χ3n) is 7.52. The minimum atomic E-state index is -3.12. The van der Waals surface area contributed by atoms with Crippen molar-refractivity contribution < 1.29 is 23.1 Å². The molecular formula is C38H42N4O5S. The molecule has 1 aliphatic rings. The highest BCUT2D eigenvalue weighted by Crippen LogP contribution is 2.33. The van der Waals surface area contributed by atoms with Crippen LogP contribution < -0.4 is 5.32 Å². The number of hydrogen-bond acceptors (Lipinski definition) is 6. The summed E-state index contributed by atoms with van der Waals surface area (Å²) < 4.78 is 26.7. The number of amides is 1. The van der Waals surface area contributed by atoms with Crippen LogP contribution in [0.1, 0.15) is 53.5 Å². The van der Waals surface area contributed by atoms with Crippen molar-refractivity contribution in [2.75, 3.05) is 11.5 Å². The number of aliphatic carboxylic acids is 1. The average molecular weight is 667 g/mol. The largest absolute Gasteiger partial charge is 0.478 e. The number of pyridine rings is 1. The van der Waals surface area contributed by atoms with E-state index in [-0.39, 0.29) is 29.0 Å². The van der Waals surface area contributed by atoms with E-state index in [0.29, 0.717) is 41.9 Å². The number of rotatable bonds is 13. The van der Waals surface area contributed by atoms with Gasteiger partial charge >= 0.3 is 5.97 Å². The first-order valence-electron chi connectivity index (χ1n) is 15.4. The van der Waals surface area contributed by atoms with Gasteiger partial charge in [0.2, 0.25) is 0 Å². The zero-order valence-corrected chi connectivity index (χ0v) is 28.2. The number of carboxylic acids is 1. The zero-order chi connectivity index (χ0) is 35.1. The van der Waals surface area contributed by atoms with E-state index in [0.717, 1.165) is 16.8 Å². The SMILES string of the molecule is C=C/C(=C\C)C(=O)O.C=C/C=C\C=C/Cc1c(Cc2cccc(C(=O)N/C(C=C)=C/C)c2)c(-c2ccccn2)nn1C1CCS(=O)(=O)C1. The van der Waals surface area contributed by atoms with E-state index in [1.807, 2.05) is 72.3 Å². The van der Waals surface area contributed by atoms with Gasteiger partial charge in [-0.2, -0.15) is 5.10 Å². The fourth-order valence-electron chi connectivity index (χ4n) is 5.09. The van der Waals surface area contributed by atoms with E-state index >= 15 is 0 Å². The summed E-state index contributed by atoms with van der Waals surface area (Å²) in [6.45, 7) is 14.2. The summed E-state index contributed by atoms with van der Waals surface area (Å²) in [4.78, 5) is 27.5. The third kappa shape index (κ3) is 10.3. The molecule has 3 heterocycles. The van der Waals surface area contributed by atoms with E-state index < -0.39 is 15.8 Å². The maximum Gasteiger partial charge on any atom is 0.335 e. The first kappa shape index (κ1) is 37.1. The standard InChI is InChI=1S/C32H34N4O3S.C6H8O2/c1-4-7-8-9-10-17-30-28(22-24-14-13-15-25(21-24)32(37)34-26(5-2)6-3)31(29-16-11-12-19-33-29)35-36(30)27-18-20-40(38,39)23-27;1-3-5(4-2)6(7)8/h4-16,19,21,27H,1-2,17-18,20,22-23H2,3H3,(H,34,37);3-4H,1H2,2H3,(H,7,8)/b8-7-,10-9-,26-6+;5-4+. The van der Waals surface area contributed by atoms with Crippen LogP contribution in [0.5, 0.6) is 0 Å². The van der Waals surface area contributed by atoms with E-state index in [2.05, 4.69) is 30.0 Å². The molecule has 0 radical (unpaired) electrons. The molecule has 2 N–H and O–H groups in total. The molecule has 4 rings (SSSR count). The molecule has 1 amide bonds. The van der Waals surface area contributed by atoms with Gasteiger partial charge in [0.05, 0.1) is 28.8 Å². The molecule has 1 saturated heterocycles. The molecule has 3 aromatic rings. The molecule has 2 aromatic heterocycles. The first-order chi connectivity index (χ1) is 23.1. The summed E-state index contributed by atoms with van der Waals surface area (Å²) in [5.41, 5.74) is 5.66. The highest BCUT2D eigenvalue weighted by Gasteiger charge is 2.33. The summed E-state index contributed by atoms with van der Waals surface area (Å²) in [6, 6.07) is 12.9. The highest BCUT2D eigenvalue weighted by molar-refractivity contribution is 7.91. The van der Waals surface area contributed by atoms with Crippen molar-refractivity contribution in [1.29, 1.82) is 0 Å². The van der Waals surface area contributed by atoms with Gasteiger partial charge in [-0.1, -0.05) is 86.5 Å². The van der Waals surface area contributed by atoms with Gasteiger partial charge in [-0.15, -0.1) is 0 Å². The molecule has 250 valence electrons. The van der Waals surface area contributed by atoms with Crippen LogP contribution in [-0.2, 0) is 27.5 Å². The van der Waals surface area contributed by atoms with Crippen molar-refractivity contribution in [3.8, 4) is 11.4 Å². The van der Waals surface area contributed by atoms with Crippen molar-refractivity contribution in [2.45, 2.75) is 39.2 Å². The molecule has 0 spiro atoms. The molecule has 1 atom stereocenters. The summed E-state index contributed by atoms with van der Waals surface area (Å²) >= 11 is 0. The summed E-state index contributed by atoms with van der Waals surface area (Å²) in [5, 5.41) is 16.1. The lowest BCUT2D eigenvalue weighted by Gasteiger charge is -2.14. The number of aromatic nitrogens is 3. The Hall–Kier alpha value is -5.35. The number of nitrogens with one attached hydrogen (secondary N) is 1. The van der Waals surface area contributed by atoms with Crippen molar-refractivity contribution in [2.24, 2.45) is 0 Å². The molecule has 1 aromatic carbocycles. The Balaban J connectivity index is 0.000000694. The van der Waals surface area contributed by atoms with Gasteiger partial charge in [-0.3, -0.25) is 14.5 Å². The fraction of sp³-hybridized carbons (Fsp3) is 0.211. The molecule has 9 nitrogen and oxygen atoms in total. The van der Waals surface area contributed by atoms with Gasteiger partial charge in [0, 0.05) is 41.6 Å². The second kappa shape index (κ2) is 18.1. The predicted molar refractivity (Wildman–Crippen MR) is 192 cm³/mol. The first-order valence-corrected chi connectivity index (χ1v) is 17.3. The predicted octanol–water partition coefficient (Wildman–Crippen LogP) is 6.76. The van der Waals surface area contributed by atoms with Crippen LogP contribution in [0.3, 0.4) is 0 Å². The van der Waals surface area contributed by atoms with Gasteiger partial charge in [-0.05, 0) is 56.2 Å². The van der Waals surface area contributed by atoms with E-state index in [4.69, 9.17) is 10.2 Å². The molecule has 0 aliphatic carbocycles. The van der Waals surface area contributed by atoms with Crippen LogP contribution in [-0.4, -0.2) is 51.7 Å². The Labute approximate surface area is 283 Å². The Kier molecular flexibility index (Phi) is 14.0. The Bertz CT molecular complexity index is 1870. The minimum absolute atomic E-state index is 0.0646. The smallest absolute Gasteiger partial charge is 0.335 e. The number of benzene rings is 1. The number of hydrogen-bond donors (Lipinski definition) is 2. The summed E-state index contributed by atoms with van der Waals surface area (Å²) in [6.07, 6.45) is 18.9. The lowest BCUT2D eigenvalue weighted by atomic mass is 9.98. The molecule has 1 unspecified atom stereocenters. The quantitative estimate of drug-likeness (QED) is 0.152. The monoisotopic (exact) mass is 666 g/mol. The third-order valence-corrected chi connectivity index (χ3v) is 9.27. The average Bonchev–Trinajstić information content (AvgIpc) is 3.63. The van der Waals surface area contributed by atoms with Gasteiger partial charge in [-0.25, -0.2) is 13.2 Å². The lowest BCUT2D eigenvalue weighted by molar-refractivity contribution is -0.132. The van der Waals surface area contributed by atoms with Crippen LogP contribution in [0.2, 0.25) is 0 Å². The number of nitrogens with zero attached hydrogens (tertiary/aromatic N) is 3. The second-order valence-corrected chi connectivity index (χ2v) is 13.0. The molecular weight excluding hydrogens is 625 g/mol. The maximum atomic E-state index is 12.9. The molecule has 0 bridgehead atoms. The number of sulfone groups is 1. The van der Waals surface area contributed by atoms with Gasteiger partial charge < -0.3 is 10.4 Å². The molecule has 1 aliphatic heterocycles. The highest BCUT2D eigenvalue weighted by atomic mass is 32.2. The molecule has 48 heavy (non-hydrogen) atoms. The Morgan fingerprint density at radius 1 is 1.04 bits per heavy atom. The number of allylic oxidation sites excluding steroid dienone is 8. The van der Waals surface area contributed by atoms with Crippen molar-refractivity contribution in [1.82, 2.24) is 20.1 Å². The number of carboxylic acid groups (broad SMARTS) is 1. The van der Waals surface area contributed by atoms with Crippen LogP contribution in [0.4, 0.5) is 0 Å². The van der Waals surface area contributed by atoms with E-state index in [1.54, 1.807) is 37.4 Å². The maximum absolute atomic E-state index is 12.9. The van der Waals surface area contributed by atoms with Gasteiger partial charge in [0.1, 0.15) is 5.69 Å². The summed E-state index contributed by atoms with van der Waals surface area (Å²) in [5.74, 6) is -0.930. The van der Waals surface area contributed by atoms with Crippen molar-refractivity contribution in [3.63, 3.8) is 0 Å². The van der Waals surface area contributed by atoms with Gasteiger partial charge in [0.25, 0.3) is 5.91 Å². The van der Waals surface area contributed by atoms with Crippen molar-refractivity contribution >= 4 is 21.7 Å².